The number of nitrogens with zero attached hydrogens (tertiary/aromatic N) is 2. The van der Waals surface area contributed by atoms with Gasteiger partial charge < -0.3 is 15.7 Å². The molecule has 0 aliphatic heterocycles. The maximum atomic E-state index is 13.4. The lowest BCUT2D eigenvalue weighted by molar-refractivity contribution is -0.137. The Hall–Kier alpha value is -4.26. The molecule has 0 saturated carbocycles. The zero-order valence-electron chi connectivity index (χ0n) is 23.2. The lowest BCUT2D eigenvalue weighted by atomic mass is 10.00. The summed E-state index contributed by atoms with van der Waals surface area (Å²) >= 11 is 0. The number of amides is 1. The van der Waals surface area contributed by atoms with E-state index >= 15 is 0 Å². The predicted octanol–water partition coefficient (Wildman–Crippen LogP) is 4.69. The molecule has 2 atom stereocenters. The van der Waals surface area contributed by atoms with E-state index < -0.39 is 39.8 Å². The fourth-order valence-corrected chi connectivity index (χ4v) is 5.55. The molecule has 0 aliphatic carbocycles. The van der Waals surface area contributed by atoms with Gasteiger partial charge in [-0.1, -0.05) is 54.6 Å². The molecular weight excluding hydrogens is 581 g/mol. The number of benzene rings is 3. The Morgan fingerprint density at radius 3 is 2.26 bits per heavy atom. The molecule has 43 heavy (non-hydrogen) atoms. The minimum Gasteiger partial charge on any atom is -0.390 e. The molecule has 0 aliphatic rings. The van der Waals surface area contributed by atoms with Gasteiger partial charge in [0.1, 0.15) is 0 Å². The molecule has 4 rings (SSSR count). The number of hydrogen-bond acceptors (Lipinski definition) is 6. The van der Waals surface area contributed by atoms with E-state index in [0.29, 0.717) is 11.3 Å². The van der Waals surface area contributed by atoms with E-state index in [1.807, 2.05) is 30.3 Å². The van der Waals surface area contributed by atoms with Gasteiger partial charge in [0.15, 0.2) is 0 Å². The van der Waals surface area contributed by atoms with Crippen LogP contribution in [0.4, 0.5) is 24.5 Å². The molecule has 4 aromatic rings. The van der Waals surface area contributed by atoms with Gasteiger partial charge >= 0.3 is 6.18 Å². The van der Waals surface area contributed by atoms with Gasteiger partial charge in [-0.25, -0.2) is 12.7 Å². The number of aliphatic hydroxyl groups excluding tert-OH is 1. The third-order valence-electron chi connectivity index (χ3n) is 6.59. The Kier molecular flexibility index (Phi) is 10.2. The van der Waals surface area contributed by atoms with Gasteiger partial charge in [0.05, 0.1) is 35.3 Å². The van der Waals surface area contributed by atoms with Crippen LogP contribution in [0.15, 0.2) is 103 Å². The summed E-state index contributed by atoms with van der Waals surface area (Å²) in [6.07, 6.45) is -1.33. The highest BCUT2D eigenvalue weighted by Gasteiger charge is 2.30. The number of nitrogens with one attached hydrogen (secondary N) is 2. The maximum Gasteiger partial charge on any atom is 0.416 e. The molecule has 1 aromatic heterocycles. The van der Waals surface area contributed by atoms with E-state index in [0.717, 1.165) is 28.3 Å². The largest absolute Gasteiger partial charge is 0.416 e. The number of sulfonamides is 1. The van der Waals surface area contributed by atoms with Crippen molar-refractivity contribution in [2.24, 2.45) is 0 Å². The third-order valence-corrected chi connectivity index (χ3v) is 7.67. The number of halogens is 3. The first kappa shape index (κ1) is 31.7. The summed E-state index contributed by atoms with van der Waals surface area (Å²) in [4.78, 5) is 17.3. The van der Waals surface area contributed by atoms with Crippen molar-refractivity contribution < 1.29 is 31.5 Å². The number of carbonyl (C=O) groups is 1. The Bertz CT molecular complexity index is 1620. The highest BCUT2D eigenvalue weighted by atomic mass is 32.2. The van der Waals surface area contributed by atoms with Crippen molar-refractivity contribution in [3.8, 4) is 0 Å². The SMILES string of the molecule is CS(=O)(=O)N(c1ccncc1)c1cccc(C(=O)N[C@@H](Cc2ccccc2)[C@H](O)CNCc2cccc(C(F)(F)F)c2)c1. The van der Waals surface area contributed by atoms with Crippen molar-refractivity contribution in [2.75, 3.05) is 17.1 Å². The normalized spacial score (nSPS) is 13.2. The van der Waals surface area contributed by atoms with E-state index in [4.69, 9.17) is 0 Å². The quantitative estimate of drug-likeness (QED) is 0.214. The second kappa shape index (κ2) is 13.8. The lowest BCUT2D eigenvalue weighted by Gasteiger charge is -2.26. The number of alkyl halides is 3. The van der Waals surface area contributed by atoms with E-state index in [1.165, 1.54) is 42.7 Å². The summed E-state index contributed by atoms with van der Waals surface area (Å²) in [6, 6.07) is 22.5. The van der Waals surface area contributed by atoms with E-state index in [1.54, 1.807) is 18.2 Å². The molecule has 0 spiro atoms. The highest BCUT2D eigenvalue weighted by molar-refractivity contribution is 7.92. The first-order chi connectivity index (χ1) is 20.4. The number of anilines is 2. The van der Waals surface area contributed by atoms with Gasteiger partial charge in [-0.2, -0.15) is 13.2 Å². The first-order valence-corrected chi connectivity index (χ1v) is 15.2. The number of pyridine rings is 1. The van der Waals surface area contributed by atoms with Crippen molar-refractivity contribution in [3.63, 3.8) is 0 Å². The van der Waals surface area contributed by atoms with Gasteiger partial charge in [-0.15, -0.1) is 0 Å². The standard InChI is InChI=1S/C31H31F3N4O4S/c1-43(41,42)38(26-13-15-35-16-14-26)27-12-6-10-24(19-27)30(40)37-28(18-22-7-3-2-4-8-22)29(39)21-36-20-23-9-5-11-25(17-23)31(32,33)34/h2-17,19,28-29,36,39H,18,20-21H2,1H3,(H,37,40)/t28-,29+/m0/s1. The number of aromatic nitrogens is 1. The molecule has 1 amide bonds. The van der Waals surface area contributed by atoms with Crippen molar-refractivity contribution in [2.45, 2.75) is 31.3 Å². The van der Waals surface area contributed by atoms with Crippen LogP contribution in [0.2, 0.25) is 0 Å². The van der Waals surface area contributed by atoms with Crippen molar-refractivity contribution in [1.82, 2.24) is 15.6 Å². The van der Waals surface area contributed by atoms with Crippen molar-refractivity contribution in [1.29, 1.82) is 0 Å². The molecule has 1 heterocycles. The van der Waals surface area contributed by atoms with Gasteiger partial charge in [0.2, 0.25) is 10.0 Å². The number of aliphatic hydroxyl groups is 1. The van der Waals surface area contributed by atoms with Crippen LogP contribution >= 0.6 is 0 Å². The summed E-state index contributed by atoms with van der Waals surface area (Å²) in [6.45, 7) is 0.0589. The van der Waals surface area contributed by atoms with Crippen molar-refractivity contribution >= 4 is 27.3 Å². The highest BCUT2D eigenvalue weighted by Crippen LogP contribution is 2.30. The van der Waals surface area contributed by atoms with Crippen LogP contribution in [-0.4, -0.2) is 49.4 Å². The monoisotopic (exact) mass is 612 g/mol. The van der Waals surface area contributed by atoms with Crippen LogP contribution in [0.1, 0.15) is 27.0 Å². The maximum absolute atomic E-state index is 13.4. The summed E-state index contributed by atoms with van der Waals surface area (Å²) in [5.74, 6) is -0.539. The average Bonchev–Trinajstić information content (AvgIpc) is 2.97. The van der Waals surface area contributed by atoms with Crippen LogP contribution in [0.3, 0.4) is 0 Å². The molecule has 12 heteroatoms. The molecule has 3 aromatic carbocycles. The fourth-order valence-electron chi connectivity index (χ4n) is 4.55. The molecule has 3 N–H and O–H groups in total. The molecule has 226 valence electrons. The fraction of sp³-hybridized carbons (Fsp3) is 0.226. The van der Waals surface area contributed by atoms with Gasteiger partial charge in [-0.05, 0) is 53.9 Å². The summed E-state index contributed by atoms with van der Waals surface area (Å²) in [5, 5.41) is 16.9. The minimum absolute atomic E-state index is 0.0159. The van der Waals surface area contributed by atoms with E-state index in [9.17, 15) is 31.5 Å². The van der Waals surface area contributed by atoms with Crippen LogP contribution < -0.4 is 14.9 Å². The van der Waals surface area contributed by atoms with Crippen LogP contribution in [0.5, 0.6) is 0 Å². The van der Waals surface area contributed by atoms with E-state index in [2.05, 4.69) is 15.6 Å². The Labute approximate surface area is 248 Å². The molecular formula is C31H31F3N4O4S. The Morgan fingerprint density at radius 2 is 1.58 bits per heavy atom. The average molecular weight is 613 g/mol. The molecule has 0 saturated heterocycles. The molecule has 0 bridgehead atoms. The zero-order chi connectivity index (χ0) is 31.0. The summed E-state index contributed by atoms with van der Waals surface area (Å²) < 4.78 is 65.6. The second-order valence-corrected chi connectivity index (χ2v) is 11.8. The van der Waals surface area contributed by atoms with Crippen LogP contribution in [0, 0.1) is 0 Å². The van der Waals surface area contributed by atoms with Crippen LogP contribution in [-0.2, 0) is 29.2 Å². The van der Waals surface area contributed by atoms with E-state index in [-0.39, 0.29) is 30.8 Å². The molecule has 8 nitrogen and oxygen atoms in total. The number of hydrogen-bond donors (Lipinski definition) is 3. The Balaban J connectivity index is 1.51. The van der Waals surface area contributed by atoms with Crippen LogP contribution in [0.25, 0.3) is 0 Å². The molecule has 0 fully saturated rings. The van der Waals surface area contributed by atoms with Crippen molar-refractivity contribution in [3.05, 3.63) is 126 Å². The minimum atomic E-state index is -4.46. The number of carbonyl (C=O) groups excluding carboxylic acids is 1. The molecule has 0 unspecified atom stereocenters. The topological polar surface area (TPSA) is 112 Å². The lowest BCUT2D eigenvalue weighted by Crippen LogP contribution is -2.48. The third kappa shape index (κ3) is 8.87. The number of rotatable bonds is 12. The first-order valence-electron chi connectivity index (χ1n) is 13.3. The van der Waals surface area contributed by atoms with Gasteiger partial charge in [0, 0.05) is 31.0 Å². The second-order valence-electron chi connectivity index (χ2n) is 9.95. The van der Waals surface area contributed by atoms with Gasteiger partial charge in [-0.3, -0.25) is 9.78 Å². The smallest absolute Gasteiger partial charge is 0.390 e. The summed E-state index contributed by atoms with van der Waals surface area (Å²) in [7, 11) is -3.77. The molecule has 0 radical (unpaired) electrons. The zero-order valence-corrected chi connectivity index (χ0v) is 24.0. The Morgan fingerprint density at radius 1 is 0.907 bits per heavy atom. The summed E-state index contributed by atoms with van der Waals surface area (Å²) in [5.41, 5.74) is 1.24. The van der Waals surface area contributed by atoms with Gasteiger partial charge in [0.25, 0.3) is 5.91 Å². The predicted molar refractivity (Wildman–Crippen MR) is 158 cm³/mol.